The molecule has 0 saturated heterocycles. The van der Waals surface area contributed by atoms with Gasteiger partial charge in [0.25, 0.3) is 5.91 Å². The minimum Gasteiger partial charge on any atom is -0.326 e. The number of hydrogen-bond acceptors (Lipinski definition) is 4. The second-order valence-electron chi connectivity index (χ2n) is 7.23. The first kappa shape index (κ1) is 18.8. The predicted molar refractivity (Wildman–Crippen MR) is 107 cm³/mol. The number of benzene rings is 2. The summed E-state index contributed by atoms with van der Waals surface area (Å²) in [6.07, 6.45) is 2.42. The van der Waals surface area contributed by atoms with Crippen LogP contribution in [-0.2, 0) is 11.2 Å². The summed E-state index contributed by atoms with van der Waals surface area (Å²) < 4.78 is 16.4. The van der Waals surface area contributed by atoms with Crippen molar-refractivity contribution in [1.82, 2.24) is 14.8 Å². The lowest BCUT2D eigenvalue weighted by Crippen LogP contribution is -2.21. The zero-order valence-electron chi connectivity index (χ0n) is 16.1. The Morgan fingerprint density at radius 2 is 2.07 bits per heavy atom. The van der Waals surface area contributed by atoms with Crippen molar-refractivity contribution in [2.45, 2.75) is 32.7 Å². The van der Waals surface area contributed by atoms with Crippen LogP contribution in [0.3, 0.4) is 0 Å². The Labute approximate surface area is 167 Å². The average molecular weight is 393 g/mol. The predicted octanol–water partition coefficient (Wildman–Crippen LogP) is 3.80. The summed E-state index contributed by atoms with van der Waals surface area (Å²) in [5.41, 5.74) is 2.33. The van der Waals surface area contributed by atoms with Gasteiger partial charge in [-0.3, -0.25) is 9.59 Å². The van der Waals surface area contributed by atoms with Gasteiger partial charge in [0.2, 0.25) is 5.91 Å². The van der Waals surface area contributed by atoms with E-state index in [0.29, 0.717) is 35.6 Å². The molecule has 148 valence electrons. The van der Waals surface area contributed by atoms with Gasteiger partial charge in [-0.2, -0.15) is 0 Å². The third-order valence-corrected chi connectivity index (χ3v) is 4.84. The maximum Gasteiger partial charge on any atom is 0.258 e. The molecule has 2 heterocycles. The Hall–Kier alpha value is -3.55. The van der Waals surface area contributed by atoms with Crippen molar-refractivity contribution in [1.29, 1.82) is 0 Å². The molecule has 0 spiro atoms. The zero-order chi connectivity index (χ0) is 20.5. The summed E-state index contributed by atoms with van der Waals surface area (Å²) in [7, 11) is 0. The summed E-state index contributed by atoms with van der Waals surface area (Å²) in [5.74, 6) is -0.670. The molecule has 2 N–H and O–H groups in total. The van der Waals surface area contributed by atoms with Gasteiger partial charge in [-0.05, 0) is 50.1 Å². The van der Waals surface area contributed by atoms with E-state index in [-0.39, 0.29) is 17.5 Å². The van der Waals surface area contributed by atoms with Crippen molar-refractivity contribution in [3.8, 4) is 11.4 Å². The molecule has 0 fully saturated rings. The van der Waals surface area contributed by atoms with Crippen molar-refractivity contribution >= 4 is 23.2 Å². The molecule has 2 aromatic carbocycles. The molecule has 2 amide bonds. The van der Waals surface area contributed by atoms with Crippen molar-refractivity contribution in [3.05, 3.63) is 59.7 Å². The van der Waals surface area contributed by atoms with E-state index in [2.05, 4.69) is 20.8 Å². The zero-order valence-corrected chi connectivity index (χ0v) is 16.1. The summed E-state index contributed by atoms with van der Waals surface area (Å²) in [6, 6.07) is 10.0. The molecule has 8 heteroatoms. The number of hydrogen-bond donors (Lipinski definition) is 2. The summed E-state index contributed by atoms with van der Waals surface area (Å²) >= 11 is 0. The van der Waals surface area contributed by atoms with Gasteiger partial charge in [-0.25, -0.2) is 4.39 Å². The van der Waals surface area contributed by atoms with Gasteiger partial charge in [0, 0.05) is 29.4 Å². The number of nitrogens with zero attached hydrogens (tertiary/aromatic N) is 3. The lowest BCUT2D eigenvalue weighted by Gasteiger charge is -2.18. The average Bonchev–Trinajstić information content (AvgIpc) is 3.18. The van der Waals surface area contributed by atoms with Gasteiger partial charge in [-0.1, -0.05) is 12.1 Å². The standard InChI is InChI=1S/C21H20FN5O2/c1-12(2)27-11-23-26-20(27)14-4-3-5-15(8-14)24-21(29)16-10-18-13(9-17(16)22)6-7-19(28)25-18/h3-5,8-12H,6-7H2,1-2H3,(H,24,29)(H,25,28). The van der Waals surface area contributed by atoms with Crippen LogP contribution in [0.2, 0.25) is 0 Å². The van der Waals surface area contributed by atoms with Crippen LogP contribution in [0, 0.1) is 5.82 Å². The number of carbonyl (C=O) groups excluding carboxylic acids is 2. The molecular weight excluding hydrogens is 373 g/mol. The Balaban J connectivity index is 1.60. The summed E-state index contributed by atoms with van der Waals surface area (Å²) in [4.78, 5) is 24.3. The van der Waals surface area contributed by atoms with Crippen LogP contribution in [0.15, 0.2) is 42.7 Å². The molecule has 0 atom stereocenters. The lowest BCUT2D eigenvalue weighted by molar-refractivity contribution is -0.116. The van der Waals surface area contributed by atoms with Gasteiger partial charge in [-0.15, -0.1) is 10.2 Å². The maximum atomic E-state index is 14.5. The number of aryl methyl sites for hydroxylation is 1. The van der Waals surface area contributed by atoms with E-state index in [1.807, 2.05) is 24.5 Å². The van der Waals surface area contributed by atoms with Crippen LogP contribution < -0.4 is 10.6 Å². The van der Waals surface area contributed by atoms with Crippen LogP contribution in [-0.4, -0.2) is 26.6 Å². The molecule has 1 aliphatic rings. The van der Waals surface area contributed by atoms with Crippen LogP contribution in [0.5, 0.6) is 0 Å². The number of rotatable bonds is 4. The Bertz CT molecular complexity index is 1110. The first-order valence-corrected chi connectivity index (χ1v) is 9.36. The third kappa shape index (κ3) is 3.73. The fourth-order valence-corrected chi connectivity index (χ4v) is 3.33. The van der Waals surface area contributed by atoms with Gasteiger partial charge in [0.1, 0.15) is 12.1 Å². The topological polar surface area (TPSA) is 88.9 Å². The SMILES string of the molecule is CC(C)n1cnnc1-c1cccc(NC(=O)c2cc3c(cc2F)CCC(=O)N3)c1. The van der Waals surface area contributed by atoms with Crippen molar-refractivity contribution in [2.24, 2.45) is 0 Å². The third-order valence-electron chi connectivity index (χ3n) is 4.84. The second kappa shape index (κ2) is 7.46. The van der Waals surface area contributed by atoms with E-state index in [4.69, 9.17) is 0 Å². The molecule has 7 nitrogen and oxygen atoms in total. The van der Waals surface area contributed by atoms with Gasteiger partial charge >= 0.3 is 0 Å². The number of amides is 2. The number of nitrogens with one attached hydrogen (secondary N) is 2. The second-order valence-corrected chi connectivity index (χ2v) is 7.23. The quantitative estimate of drug-likeness (QED) is 0.706. The Morgan fingerprint density at radius 1 is 1.24 bits per heavy atom. The highest BCUT2D eigenvalue weighted by Crippen LogP contribution is 2.27. The summed E-state index contributed by atoms with van der Waals surface area (Å²) in [6.45, 7) is 4.05. The molecule has 1 aromatic heterocycles. The van der Waals surface area contributed by atoms with E-state index in [0.717, 1.165) is 5.56 Å². The number of carbonyl (C=O) groups is 2. The highest BCUT2D eigenvalue weighted by Gasteiger charge is 2.21. The van der Waals surface area contributed by atoms with Crippen LogP contribution in [0.4, 0.5) is 15.8 Å². The first-order valence-electron chi connectivity index (χ1n) is 9.36. The smallest absolute Gasteiger partial charge is 0.258 e. The largest absolute Gasteiger partial charge is 0.326 e. The number of halogens is 1. The molecule has 0 bridgehead atoms. The molecule has 0 saturated carbocycles. The molecule has 3 aromatic rings. The Kier molecular flexibility index (Phi) is 4.84. The lowest BCUT2D eigenvalue weighted by atomic mass is 10.00. The van der Waals surface area contributed by atoms with Crippen LogP contribution in [0.25, 0.3) is 11.4 Å². The van der Waals surface area contributed by atoms with Crippen LogP contribution in [0.1, 0.15) is 42.2 Å². The van der Waals surface area contributed by atoms with E-state index < -0.39 is 11.7 Å². The minimum atomic E-state index is -0.617. The fraction of sp³-hybridized carbons (Fsp3) is 0.238. The van der Waals surface area contributed by atoms with E-state index in [1.165, 1.54) is 12.1 Å². The van der Waals surface area contributed by atoms with Gasteiger partial charge in [0.05, 0.1) is 5.56 Å². The van der Waals surface area contributed by atoms with Crippen molar-refractivity contribution in [3.63, 3.8) is 0 Å². The number of aromatic nitrogens is 3. The fourth-order valence-electron chi connectivity index (χ4n) is 3.33. The summed E-state index contributed by atoms with van der Waals surface area (Å²) in [5, 5.41) is 13.5. The molecular formula is C21H20FN5O2. The molecule has 0 aliphatic carbocycles. The Morgan fingerprint density at radius 3 is 2.86 bits per heavy atom. The molecule has 1 aliphatic heterocycles. The molecule has 4 rings (SSSR count). The monoisotopic (exact) mass is 393 g/mol. The van der Waals surface area contributed by atoms with E-state index >= 15 is 0 Å². The maximum absolute atomic E-state index is 14.5. The minimum absolute atomic E-state index is 0.123. The van der Waals surface area contributed by atoms with Crippen molar-refractivity contribution < 1.29 is 14.0 Å². The number of fused-ring (bicyclic) bond motifs is 1. The van der Waals surface area contributed by atoms with Crippen molar-refractivity contribution in [2.75, 3.05) is 10.6 Å². The normalized spacial score (nSPS) is 13.2. The van der Waals surface area contributed by atoms with E-state index in [9.17, 15) is 14.0 Å². The number of anilines is 2. The van der Waals surface area contributed by atoms with Gasteiger partial charge < -0.3 is 15.2 Å². The molecule has 0 unspecified atom stereocenters. The highest BCUT2D eigenvalue weighted by atomic mass is 19.1. The van der Waals surface area contributed by atoms with E-state index in [1.54, 1.807) is 24.5 Å². The van der Waals surface area contributed by atoms with Crippen LogP contribution >= 0.6 is 0 Å². The first-order chi connectivity index (χ1) is 13.9. The molecule has 0 radical (unpaired) electrons. The highest BCUT2D eigenvalue weighted by molar-refractivity contribution is 6.06. The van der Waals surface area contributed by atoms with Gasteiger partial charge in [0.15, 0.2) is 5.82 Å². The molecule has 29 heavy (non-hydrogen) atoms.